The molecule has 2 aromatic rings. The summed E-state index contributed by atoms with van der Waals surface area (Å²) in [6.45, 7) is 6.04. The Bertz CT molecular complexity index is 872. The average molecular weight is 437 g/mol. The van der Waals surface area contributed by atoms with Gasteiger partial charge < -0.3 is 29.6 Å². The number of nitrogens with zero attached hydrogens (tertiary/aromatic N) is 4. The quantitative estimate of drug-likeness (QED) is 0.754. The molecule has 162 valence electrons. The second kappa shape index (κ2) is 9.03. The minimum Gasteiger partial charge on any atom is -0.492 e. The van der Waals surface area contributed by atoms with Gasteiger partial charge in [0, 0.05) is 74.2 Å². The largest absolute Gasteiger partial charge is 0.492 e. The van der Waals surface area contributed by atoms with Crippen molar-refractivity contribution in [3.05, 3.63) is 40.9 Å². The van der Waals surface area contributed by atoms with E-state index >= 15 is 0 Å². The Morgan fingerprint density at radius 3 is 2.33 bits per heavy atom. The molecular weight excluding hydrogens is 412 g/mol. The average Bonchev–Trinajstić information content (AvgIpc) is 3.08. The van der Waals surface area contributed by atoms with Crippen LogP contribution >= 0.6 is 11.6 Å². The van der Waals surface area contributed by atoms with Crippen LogP contribution in [0.1, 0.15) is 5.56 Å². The second-order valence-corrected chi connectivity index (χ2v) is 7.71. The standard InChI is InChI=1S/C20H25ClN4O5/c21-16-2-1-3-17(23-10-12-29-13-11-23)15(16)14-22-6-8-24(9-7-22)20(28)30-25-18(26)4-5-19(25)27/h1-5,26-27H,6-14H2. The molecule has 30 heavy (non-hydrogen) atoms. The summed E-state index contributed by atoms with van der Waals surface area (Å²) in [4.78, 5) is 23.5. The molecule has 0 saturated carbocycles. The molecule has 1 aromatic carbocycles. The van der Waals surface area contributed by atoms with Gasteiger partial charge in [0.05, 0.1) is 13.2 Å². The molecule has 2 fully saturated rings. The Balaban J connectivity index is 1.37. The normalized spacial score (nSPS) is 17.9. The Hall–Kier alpha value is -2.62. The molecule has 0 atom stereocenters. The molecule has 3 heterocycles. The van der Waals surface area contributed by atoms with Gasteiger partial charge in [0.25, 0.3) is 0 Å². The van der Waals surface area contributed by atoms with Gasteiger partial charge in [-0.25, -0.2) is 4.79 Å². The van der Waals surface area contributed by atoms with Crippen molar-refractivity contribution in [2.75, 3.05) is 57.4 Å². The molecule has 0 unspecified atom stereocenters. The molecule has 0 aliphatic carbocycles. The number of piperazine rings is 1. The molecule has 2 aliphatic heterocycles. The maximum Gasteiger partial charge on any atom is 0.434 e. The lowest BCUT2D eigenvalue weighted by Crippen LogP contribution is -2.50. The van der Waals surface area contributed by atoms with Crippen molar-refractivity contribution in [3.8, 4) is 11.8 Å². The van der Waals surface area contributed by atoms with Gasteiger partial charge in [-0.1, -0.05) is 17.7 Å². The highest BCUT2D eigenvalue weighted by molar-refractivity contribution is 6.31. The van der Waals surface area contributed by atoms with Crippen LogP contribution in [0.2, 0.25) is 5.02 Å². The van der Waals surface area contributed by atoms with Crippen molar-refractivity contribution in [2.45, 2.75) is 6.54 Å². The van der Waals surface area contributed by atoms with Gasteiger partial charge in [0.2, 0.25) is 11.8 Å². The number of rotatable bonds is 4. The second-order valence-electron chi connectivity index (χ2n) is 7.30. The van der Waals surface area contributed by atoms with E-state index in [1.165, 1.54) is 12.1 Å². The smallest absolute Gasteiger partial charge is 0.434 e. The van der Waals surface area contributed by atoms with Gasteiger partial charge in [-0.05, 0) is 12.1 Å². The fourth-order valence-electron chi connectivity index (χ4n) is 3.75. The topological polar surface area (TPSA) is 90.6 Å². The number of aromatic nitrogens is 1. The molecule has 2 saturated heterocycles. The van der Waals surface area contributed by atoms with Crippen molar-refractivity contribution in [1.82, 2.24) is 14.5 Å². The van der Waals surface area contributed by atoms with Crippen LogP contribution in [0.5, 0.6) is 11.8 Å². The third-order valence-corrected chi connectivity index (χ3v) is 5.78. The first-order valence-electron chi connectivity index (χ1n) is 9.92. The lowest BCUT2D eigenvalue weighted by molar-refractivity contribution is 0.0555. The van der Waals surface area contributed by atoms with E-state index < -0.39 is 6.09 Å². The molecule has 1 amide bonds. The number of hydrogen-bond acceptors (Lipinski definition) is 7. The number of amides is 1. The van der Waals surface area contributed by atoms with Gasteiger partial charge >= 0.3 is 6.09 Å². The molecule has 2 aliphatic rings. The number of aromatic hydroxyl groups is 2. The van der Waals surface area contributed by atoms with Crippen LogP contribution in [0.4, 0.5) is 10.5 Å². The van der Waals surface area contributed by atoms with Crippen LogP contribution in [-0.4, -0.2) is 83.3 Å². The lowest BCUT2D eigenvalue weighted by atomic mass is 10.1. The van der Waals surface area contributed by atoms with E-state index in [0.717, 1.165) is 29.4 Å². The van der Waals surface area contributed by atoms with Crippen molar-refractivity contribution < 1.29 is 24.6 Å². The number of carbonyl (C=O) groups excluding carboxylic acids is 1. The van der Waals surface area contributed by atoms with E-state index in [0.29, 0.717) is 50.7 Å². The van der Waals surface area contributed by atoms with E-state index in [1.54, 1.807) is 4.90 Å². The predicted octanol–water partition coefficient (Wildman–Crippen LogP) is 1.76. The Kier molecular flexibility index (Phi) is 6.21. The van der Waals surface area contributed by atoms with Gasteiger partial charge in [-0.3, -0.25) is 4.90 Å². The van der Waals surface area contributed by atoms with Crippen LogP contribution in [0, 0.1) is 0 Å². The molecule has 10 heteroatoms. The first-order chi connectivity index (χ1) is 14.5. The zero-order chi connectivity index (χ0) is 21.1. The molecule has 0 radical (unpaired) electrons. The first-order valence-corrected chi connectivity index (χ1v) is 10.3. The third-order valence-electron chi connectivity index (χ3n) is 5.43. The van der Waals surface area contributed by atoms with E-state index in [2.05, 4.69) is 15.9 Å². The minimum atomic E-state index is -0.622. The molecular formula is C20H25ClN4O5. The summed E-state index contributed by atoms with van der Waals surface area (Å²) in [6.07, 6.45) is -0.622. The number of halogens is 1. The SMILES string of the molecule is O=C(On1c(O)ccc1O)N1CCN(Cc2c(Cl)cccc2N2CCOCC2)CC1. The maximum absolute atomic E-state index is 12.4. The van der Waals surface area contributed by atoms with E-state index in [4.69, 9.17) is 21.2 Å². The van der Waals surface area contributed by atoms with Gasteiger partial charge in [0.1, 0.15) is 0 Å². The zero-order valence-corrected chi connectivity index (χ0v) is 17.3. The van der Waals surface area contributed by atoms with E-state index in [1.807, 2.05) is 12.1 Å². The molecule has 0 spiro atoms. The van der Waals surface area contributed by atoms with E-state index in [9.17, 15) is 15.0 Å². The molecule has 0 bridgehead atoms. The minimum absolute atomic E-state index is 0.339. The molecule has 1 aromatic heterocycles. The van der Waals surface area contributed by atoms with Crippen LogP contribution < -0.4 is 9.74 Å². The Morgan fingerprint density at radius 2 is 1.67 bits per heavy atom. The van der Waals surface area contributed by atoms with Crippen LogP contribution in [0.3, 0.4) is 0 Å². The summed E-state index contributed by atoms with van der Waals surface area (Å²) in [5.41, 5.74) is 2.21. The summed E-state index contributed by atoms with van der Waals surface area (Å²) in [7, 11) is 0. The van der Waals surface area contributed by atoms with Crippen molar-refractivity contribution in [3.63, 3.8) is 0 Å². The third kappa shape index (κ3) is 4.43. The highest BCUT2D eigenvalue weighted by atomic mass is 35.5. The van der Waals surface area contributed by atoms with E-state index in [-0.39, 0.29) is 11.8 Å². The highest BCUT2D eigenvalue weighted by Crippen LogP contribution is 2.30. The maximum atomic E-state index is 12.4. The summed E-state index contributed by atoms with van der Waals surface area (Å²) < 4.78 is 6.16. The number of morpholine rings is 1. The number of hydrogen-bond donors (Lipinski definition) is 2. The Labute approximate surface area is 179 Å². The van der Waals surface area contributed by atoms with Crippen LogP contribution in [-0.2, 0) is 11.3 Å². The number of anilines is 1. The van der Waals surface area contributed by atoms with Crippen molar-refractivity contribution in [1.29, 1.82) is 0 Å². The highest BCUT2D eigenvalue weighted by Gasteiger charge is 2.26. The Morgan fingerprint density at radius 1 is 1.00 bits per heavy atom. The van der Waals surface area contributed by atoms with Gasteiger partial charge in [-0.2, -0.15) is 0 Å². The van der Waals surface area contributed by atoms with Crippen LogP contribution in [0.15, 0.2) is 30.3 Å². The number of ether oxygens (including phenoxy) is 1. The lowest BCUT2D eigenvalue weighted by Gasteiger charge is -2.36. The van der Waals surface area contributed by atoms with Gasteiger partial charge in [-0.15, -0.1) is 4.73 Å². The number of carbonyl (C=O) groups is 1. The first kappa shape index (κ1) is 20.6. The fourth-order valence-corrected chi connectivity index (χ4v) is 3.98. The fraction of sp³-hybridized carbons (Fsp3) is 0.450. The molecule has 2 N–H and O–H groups in total. The molecule has 9 nitrogen and oxygen atoms in total. The predicted molar refractivity (Wildman–Crippen MR) is 111 cm³/mol. The summed E-state index contributed by atoms with van der Waals surface area (Å²) >= 11 is 6.54. The number of benzene rings is 1. The summed E-state index contributed by atoms with van der Waals surface area (Å²) in [5, 5.41) is 20.0. The summed E-state index contributed by atoms with van der Waals surface area (Å²) in [5.74, 6) is -0.678. The zero-order valence-electron chi connectivity index (χ0n) is 16.5. The van der Waals surface area contributed by atoms with Crippen molar-refractivity contribution in [2.24, 2.45) is 0 Å². The van der Waals surface area contributed by atoms with Crippen molar-refractivity contribution >= 4 is 23.4 Å². The van der Waals surface area contributed by atoms with Gasteiger partial charge in [0.15, 0.2) is 0 Å². The monoisotopic (exact) mass is 436 g/mol. The van der Waals surface area contributed by atoms with Crippen LogP contribution in [0.25, 0.3) is 0 Å². The summed E-state index contributed by atoms with van der Waals surface area (Å²) in [6, 6.07) is 8.46. The molecule has 4 rings (SSSR count).